The number of aryl methyl sites for hydroxylation is 1. The number of unbranched alkanes of at least 4 members (excludes halogenated alkanes) is 2. The van der Waals surface area contributed by atoms with Crippen LogP contribution in [0.1, 0.15) is 57.3 Å². The molecule has 10 heteroatoms. The summed E-state index contributed by atoms with van der Waals surface area (Å²) < 4.78 is 42.7. The zero-order valence-corrected chi connectivity index (χ0v) is 23.0. The Kier molecular flexibility index (Phi) is 8.76. The van der Waals surface area contributed by atoms with Gasteiger partial charge in [0.2, 0.25) is 10.0 Å². The van der Waals surface area contributed by atoms with Gasteiger partial charge in [0.1, 0.15) is 17.2 Å². The van der Waals surface area contributed by atoms with Crippen molar-refractivity contribution in [1.29, 1.82) is 0 Å². The van der Waals surface area contributed by atoms with Crippen molar-refractivity contribution in [2.24, 2.45) is 5.14 Å². The molecule has 0 unspecified atom stereocenters. The highest BCUT2D eigenvalue weighted by atomic mass is 32.2. The SMILES string of the molecule is CCCCC(=O)Cn1ccc2nc(CCCC)n(Cc3ccc(-c4ccccc4S(N)(=O)=O)cc3F)c2c1=O. The predicted molar refractivity (Wildman–Crippen MR) is 149 cm³/mol. The minimum absolute atomic E-state index is 0.0167. The average molecular weight is 553 g/mol. The highest BCUT2D eigenvalue weighted by molar-refractivity contribution is 7.89. The van der Waals surface area contributed by atoms with Gasteiger partial charge in [-0.1, -0.05) is 57.0 Å². The van der Waals surface area contributed by atoms with E-state index in [1.54, 1.807) is 47.2 Å². The second kappa shape index (κ2) is 12.0. The van der Waals surface area contributed by atoms with Crippen LogP contribution in [0.15, 0.2) is 64.4 Å². The van der Waals surface area contributed by atoms with Gasteiger partial charge in [0.15, 0.2) is 5.78 Å². The van der Waals surface area contributed by atoms with Crippen molar-refractivity contribution in [2.75, 3.05) is 0 Å². The van der Waals surface area contributed by atoms with E-state index < -0.39 is 15.8 Å². The number of hydrogen-bond acceptors (Lipinski definition) is 5. The van der Waals surface area contributed by atoms with Crippen molar-refractivity contribution >= 4 is 26.8 Å². The molecule has 0 aliphatic heterocycles. The number of rotatable bonds is 12. The smallest absolute Gasteiger partial charge is 0.277 e. The molecule has 0 atom stereocenters. The van der Waals surface area contributed by atoms with Crippen LogP contribution in [-0.2, 0) is 34.3 Å². The van der Waals surface area contributed by atoms with Crippen molar-refractivity contribution in [3.63, 3.8) is 0 Å². The molecule has 4 aromatic rings. The molecule has 0 saturated carbocycles. The average Bonchev–Trinajstić information content (AvgIpc) is 3.26. The number of pyridine rings is 1. The van der Waals surface area contributed by atoms with Gasteiger partial charge in [-0.3, -0.25) is 9.59 Å². The number of halogens is 1. The van der Waals surface area contributed by atoms with Gasteiger partial charge in [0, 0.05) is 30.2 Å². The number of benzene rings is 2. The van der Waals surface area contributed by atoms with Crippen LogP contribution in [0.2, 0.25) is 0 Å². The molecule has 0 fully saturated rings. The van der Waals surface area contributed by atoms with E-state index in [2.05, 4.69) is 11.9 Å². The fourth-order valence-electron chi connectivity index (χ4n) is 4.66. The van der Waals surface area contributed by atoms with Crippen LogP contribution in [0.25, 0.3) is 22.2 Å². The number of ketones is 1. The second-order valence-electron chi connectivity index (χ2n) is 9.69. The van der Waals surface area contributed by atoms with Crippen molar-refractivity contribution in [3.05, 3.63) is 82.3 Å². The van der Waals surface area contributed by atoms with Crippen molar-refractivity contribution in [1.82, 2.24) is 14.1 Å². The maximum Gasteiger partial charge on any atom is 0.277 e. The number of fused-ring (bicyclic) bond motifs is 1. The molecule has 8 nitrogen and oxygen atoms in total. The van der Waals surface area contributed by atoms with Crippen LogP contribution in [0, 0.1) is 5.82 Å². The predicted octanol–water partition coefficient (Wildman–Crippen LogP) is 4.80. The lowest BCUT2D eigenvalue weighted by atomic mass is 10.0. The molecule has 0 amide bonds. The summed E-state index contributed by atoms with van der Waals surface area (Å²) in [5.74, 6) is 0.102. The van der Waals surface area contributed by atoms with Crippen LogP contribution in [0.4, 0.5) is 4.39 Å². The fraction of sp³-hybridized carbons (Fsp3) is 0.345. The minimum atomic E-state index is -4.00. The lowest BCUT2D eigenvalue weighted by Crippen LogP contribution is -2.25. The number of imidazole rings is 1. The van der Waals surface area contributed by atoms with Crippen LogP contribution in [0.3, 0.4) is 0 Å². The Morgan fingerprint density at radius 2 is 1.79 bits per heavy atom. The number of nitrogens with two attached hydrogens (primary N) is 1. The van der Waals surface area contributed by atoms with Crippen LogP contribution in [-0.4, -0.2) is 28.3 Å². The summed E-state index contributed by atoms with van der Waals surface area (Å²) in [6.45, 7) is 4.10. The van der Waals surface area contributed by atoms with Gasteiger partial charge in [-0.15, -0.1) is 0 Å². The maximum absolute atomic E-state index is 15.5. The van der Waals surface area contributed by atoms with E-state index in [9.17, 15) is 18.0 Å². The number of sulfonamides is 1. The van der Waals surface area contributed by atoms with Crippen LogP contribution in [0.5, 0.6) is 0 Å². The van der Waals surface area contributed by atoms with E-state index in [4.69, 9.17) is 5.14 Å². The molecule has 206 valence electrons. The number of hydrogen-bond donors (Lipinski definition) is 1. The third-order valence-corrected chi connectivity index (χ3v) is 7.71. The number of nitrogens with zero attached hydrogens (tertiary/aromatic N) is 3. The topological polar surface area (TPSA) is 117 Å². The van der Waals surface area contributed by atoms with Crippen LogP contribution < -0.4 is 10.7 Å². The van der Waals surface area contributed by atoms with Gasteiger partial charge < -0.3 is 9.13 Å². The zero-order chi connectivity index (χ0) is 28.2. The Bertz CT molecular complexity index is 1670. The third-order valence-electron chi connectivity index (χ3n) is 6.75. The van der Waals surface area contributed by atoms with Gasteiger partial charge in [0.25, 0.3) is 5.56 Å². The normalized spacial score (nSPS) is 11.8. The number of aromatic nitrogens is 3. The Balaban J connectivity index is 1.75. The third kappa shape index (κ3) is 6.34. The fourth-order valence-corrected chi connectivity index (χ4v) is 5.42. The molecule has 0 aliphatic rings. The van der Waals surface area contributed by atoms with E-state index in [0.717, 1.165) is 25.7 Å². The van der Waals surface area contributed by atoms with E-state index in [-0.39, 0.29) is 29.3 Å². The zero-order valence-electron chi connectivity index (χ0n) is 22.2. The molecule has 0 radical (unpaired) electrons. The van der Waals surface area contributed by atoms with Gasteiger partial charge in [0.05, 0.1) is 23.5 Å². The summed E-state index contributed by atoms with van der Waals surface area (Å²) in [6, 6.07) is 12.4. The molecule has 4 rings (SSSR count). The van der Waals surface area contributed by atoms with Gasteiger partial charge in [-0.2, -0.15) is 0 Å². The summed E-state index contributed by atoms with van der Waals surface area (Å²) >= 11 is 0. The summed E-state index contributed by atoms with van der Waals surface area (Å²) in [6.07, 6.45) is 6.05. The second-order valence-corrected chi connectivity index (χ2v) is 11.2. The Morgan fingerprint density at radius 3 is 2.49 bits per heavy atom. The summed E-state index contributed by atoms with van der Waals surface area (Å²) in [5.41, 5.74) is 1.48. The monoisotopic (exact) mass is 552 g/mol. The van der Waals surface area contributed by atoms with Gasteiger partial charge in [-0.05, 0) is 36.6 Å². The number of primary sulfonamides is 1. The number of Topliss-reactive ketones (excluding diaryl/α,β-unsaturated/α-hetero) is 1. The standard InChI is InChI=1S/C29H33FN4O4S/c1-3-5-9-22(35)19-33-16-15-25-28(29(33)36)34(27(32-25)12-6-4-2)18-21-14-13-20(17-24(21)30)23-10-7-8-11-26(23)39(31,37)38/h7-8,10-11,13-17H,3-6,9,12,18-19H2,1-2H3,(H2,31,37,38). The molecule has 2 aromatic heterocycles. The molecule has 0 spiro atoms. The van der Waals surface area contributed by atoms with E-state index >= 15 is 4.39 Å². The first-order valence-electron chi connectivity index (χ1n) is 13.1. The van der Waals surface area contributed by atoms with Crippen molar-refractivity contribution in [2.45, 2.75) is 70.4 Å². The molecule has 0 bridgehead atoms. The molecule has 2 aromatic carbocycles. The quantitative estimate of drug-likeness (QED) is 0.271. The van der Waals surface area contributed by atoms with E-state index in [1.807, 2.05) is 6.92 Å². The van der Waals surface area contributed by atoms with E-state index in [0.29, 0.717) is 46.4 Å². The van der Waals surface area contributed by atoms with Gasteiger partial charge >= 0.3 is 0 Å². The van der Waals surface area contributed by atoms with Crippen LogP contribution >= 0.6 is 0 Å². The first kappa shape index (κ1) is 28.4. The van der Waals surface area contributed by atoms with Crippen molar-refractivity contribution < 1.29 is 17.6 Å². The minimum Gasteiger partial charge on any atom is -0.319 e. The lowest BCUT2D eigenvalue weighted by Gasteiger charge is -2.13. The van der Waals surface area contributed by atoms with E-state index in [1.165, 1.54) is 16.7 Å². The van der Waals surface area contributed by atoms with Gasteiger partial charge in [-0.25, -0.2) is 22.9 Å². The number of carbonyl (C=O) groups is 1. The first-order chi connectivity index (χ1) is 18.6. The highest BCUT2D eigenvalue weighted by Crippen LogP contribution is 2.28. The number of carbonyl (C=O) groups excluding carboxylic acids is 1. The molecular formula is C29H33FN4O4S. The molecule has 2 heterocycles. The summed E-state index contributed by atoms with van der Waals surface area (Å²) in [7, 11) is -4.00. The molecule has 39 heavy (non-hydrogen) atoms. The molecule has 2 N–H and O–H groups in total. The van der Waals surface area contributed by atoms with Crippen molar-refractivity contribution in [3.8, 4) is 11.1 Å². The largest absolute Gasteiger partial charge is 0.319 e. The Morgan fingerprint density at radius 1 is 1.05 bits per heavy atom. The molecule has 0 aliphatic carbocycles. The maximum atomic E-state index is 15.5. The summed E-state index contributed by atoms with van der Waals surface area (Å²) in [4.78, 5) is 30.4. The Hall–Kier alpha value is -3.63. The molecule has 0 saturated heterocycles. The lowest BCUT2D eigenvalue weighted by molar-refractivity contribution is -0.119. The Labute approximate surface area is 227 Å². The molecular weight excluding hydrogens is 519 g/mol. The highest BCUT2D eigenvalue weighted by Gasteiger charge is 2.19. The summed E-state index contributed by atoms with van der Waals surface area (Å²) in [5, 5.41) is 5.36. The first-order valence-corrected chi connectivity index (χ1v) is 14.7.